The van der Waals surface area contributed by atoms with Crippen LogP contribution in [0.4, 0.5) is 5.82 Å². The van der Waals surface area contributed by atoms with Crippen molar-refractivity contribution in [3.63, 3.8) is 0 Å². The highest BCUT2D eigenvalue weighted by Gasteiger charge is 2.29. The van der Waals surface area contributed by atoms with Crippen LogP contribution in [0.2, 0.25) is 0 Å². The van der Waals surface area contributed by atoms with Gasteiger partial charge in [0.15, 0.2) is 17.3 Å². The van der Waals surface area contributed by atoms with Crippen molar-refractivity contribution in [2.75, 3.05) is 4.90 Å². The first kappa shape index (κ1) is 14.3. The van der Waals surface area contributed by atoms with E-state index in [2.05, 4.69) is 15.1 Å². The van der Waals surface area contributed by atoms with Crippen molar-refractivity contribution >= 4 is 11.5 Å². The molecule has 0 N–H and O–H groups in total. The smallest absolute Gasteiger partial charge is 0.178 e. The van der Waals surface area contributed by atoms with Crippen LogP contribution in [0.3, 0.4) is 0 Å². The van der Waals surface area contributed by atoms with Crippen LogP contribution in [0.15, 0.2) is 57.8 Å². The van der Waals surface area contributed by atoms with Crippen LogP contribution in [0.5, 0.6) is 0 Å². The Labute approximate surface area is 143 Å². The molecule has 0 aromatic carbocycles. The molecule has 1 aliphatic carbocycles. The third-order valence-electron chi connectivity index (χ3n) is 4.39. The minimum Gasteiger partial charge on any atom is -0.467 e. The second-order valence-electron chi connectivity index (χ2n) is 6.31. The zero-order valence-electron chi connectivity index (χ0n) is 13.6. The van der Waals surface area contributed by atoms with E-state index in [1.54, 1.807) is 12.5 Å². The van der Waals surface area contributed by atoms with E-state index in [1.165, 1.54) is 0 Å². The van der Waals surface area contributed by atoms with Crippen molar-refractivity contribution in [3.05, 3.63) is 66.3 Å². The van der Waals surface area contributed by atoms with Gasteiger partial charge in [-0.3, -0.25) is 0 Å². The molecule has 4 aromatic rings. The van der Waals surface area contributed by atoms with Gasteiger partial charge in [0.25, 0.3) is 0 Å². The van der Waals surface area contributed by atoms with E-state index in [0.717, 1.165) is 41.7 Å². The number of furan rings is 2. The SMILES string of the molecule is c1coc(CN(Cc2ccco2)c2ccc3nnc(C4CC4)n3n2)c1. The van der Waals surface area contributed by atoms with E-state index < -0.39 is 0 Å². The fourth-order valence-corrected chi connectivity index (χ4v) is 2.96. The highest BCUT2D eigenvalue weighted by molar-refractivity contribution is 5.46. The maximum atomic E-state index is 5.52. The monoisotopic (exact) mass is 335 g/mol. The summed E-state index contributed by atoms with van der Waals surface area (Å²) in [6, 6.07) is 11.6. The molecule has 4 heterocycles. The number of hydrogen-bond acceptors (Lipinski definition) is 6. The van der Waals surface area contributed by atoms with Crippen molar-refractivity contribution in [3.8, 4) is 0 Å². The molecular formula is C18H17N5O2. The fraction of sp³-hybridized carbons (Fsp3) is 0.278. The zero-order chi connectivity index (χ0) is 16.6. The van der Waals surface area contributed by atoms with E-state index in [9.17, 15) is 0 Å². The Morgan fingerprint density at radius 1 is 0.960 bits per heavy atom. The Morgan fingerprint density at radius 3 is 2.28 bits per heavy atom. The molecule has 0 bridgehead atoms. The number of aromatic nitrogens is 4. The Kier molecular flexibility index (Phi) is 3.29. The summed E-state index contributed by atoms with van der Waals surface area (Å²) in [5, 5.41) is 13.3. The van der Waals surface area contributed by atoms with Gasteiger partial charge >= 0.3 is 0 Å². The molecule has 0 saturated heterocycles. The van der Waals surface area contributed by atoms with Gasteiger partial charge in [0.05, 0.1) is 25.6 Å². The average molecular weight is 335 g/mol. The summed E-state index contributed by atoms with van der Waals surface area (Å²) in [4.78, 5) is 2.12. The summed E-state index contributed by atoms with van der Waals surface area (Å²) >= 11 is 0. The molecule has 4 aromatic heterocycles. The van der Waals surface area contributed by atoms with Crippen LogP contribution in [0.25, 0.3) is 5.65 Å². The van der Waals surface area contributed by atoms with Gasteiger partial charge in [-0.15, -0.1) is 15.3 Å². The Hall–Kier alpha value is -3.09. The molecule has 1 saturated carbocycles. The van der Waals surface area contributed by atoms with Gasteiger partial charge < -0.3 is 13.7 Å². The average Bonchev–Trinajstić information content (AvgIpc) is 3.07. The minimum atomic E-state index is 0.487. The summed E-state index contributed by atoms with van der Waals surface area (Å²) in [6.45, 7) is 1.21. The fourth-order valence-electron chi connectivity index (χ4n) is 2.96. The lowest BCUT2D eigenvalue weighted by atomic mass is 10.3. The molecule has 1 aliphatic rings. The molecule has 0 unspecified atom stereocenters. The normalized spacial score (nSPS) is 14.2. The third kappa shape index (κ3) is 2.77. The van der Waals surface area contributed by atoms with Crippen molar-refractivity contribution in [2.24, 2.45) is 0 Å². The Balaban J connectivity index is 1.52. The van der Waals surface area contributed by atoms with Crippen molar-refractivity contribution < 1.29 is 8.83 Å². The number of rotatable bonds is 6. The number of hydrogen-bond donors (Lipinski definition) is 0. The molecule has 0 aliphatic heterocycles. The number of fused-ring (bicyclic) bond motifs is 1. The van der Waals surface area contributed by atoms with Crippen molar-refractivity contribution in [1.82, 2.24) is 19.8 Å². The molecule has 25 heavy (non-hydrogen) atoms. The first-order valence-corrected chi connectivity index (χ1v) is 8.39. The highest BCUT2D eigenvalue weighted by atomic mass is 16.3. The van der Waals surface area contributed by atoms with Crippen LogP contribution < -0.4 is 4.90 Å². The summed E-state index contributed by atoms with van der Waals surface area (Å²) in [5.41, 5.74) is 0.779. The zero-order valence-corrected chi connectivity index (χ0v) is 13.6. The Morgan fingerprint density at radius 2 is 1.68 bits per heavy atom. The summed E-state index contributed by atoms with van der Waals surface area (Å²) in [7, 11) is 0. The number of nitrogens with zero attached hydrogens (tertiary/aromatic N) is 5. The molecule has 126 valence electrons. The highest BCUT2D eigenvalue weighted by Crippen LogP contribution is 2.38. The van der Waals surface area contributed by atoms with E-state index in [1.807, 2.05) is 40.9 Å². The summed E-state index contributed by atoms with van der Waals surface area (Å²) < 4.78 is 12.9. The third-order valence-corrected chi connectivity index (χ3v) is 4.39. The van der Waals surface area contributed by atoms with E-state index in [4.69, 9.17) is 13.9 Å². The number of anilines is 1. The lowest BCUT2D eigenvalue weighted by Crippen LogP contribution is -2.23. The Bertz CT molecular complexity index is 934. The molecule has 7 nitrogen and oxygen atoms in total. The standard InChI is InChI=1S/C18H17N5O2/c1-3-14(24-9-1)11-22(12-15-4-2-10-25-15)17-8-7-16-19-20-18(13-5-6-13)23(16)21-17/h1-4,7-10,13H,5-6,11-12H2. The van der Waals surface area contributed by atoms with E-state index in [0.29, 0.717) is 19.0 Å². The minimum absolute atomic E-state index is 0.487. The van der Waals surface area contributed by atoms with Crippen LogP contribution >= 0.6 is 0 Å². The molecule has 7 heteroatoms. The van der Waals surface area contributed by atoms with Crippen LogP contribution in [-0.4, -0.2) is 19.8 Å². The van der Waals surface area contributed by atoms with Crippen LogP contribution in [-0.2, 0) is 13.1 Å². The molecule has 0 radical (unpaired) electrons. The largest absolute Gasteiger partial charge is 0.467 e. The predicted octanol–water partition coefficient (Wildman–Crippen LogP) is 3.39. The quantitative estimate of drug-likeness (QED) is 0.538. The van der Waals surface area contributed by atoms with Gasteiger partial charge in [-0.25, -0.2) is 0 Å². The summed E-state index contributed by atoms with van der Waals surface area (Å²) in [5.74, 6) is 4.02. The van der Waals surface area contributed by atoms with Gasteiger partial charge in [0, 0.05) is 5.92 Å². The van der Waals surface area contributed by atoms with Crippen LogP contribution in [0.1, 0.15) is 36.1 Å². The maximum Gasteiger partial charge on any atom is 0.178 e. The first-order chi connectivity index (χ1) is 12.4. The van der Waals surface area contributed by atoms with Gasteiger partial charge in [-0.05, 0) is 49.2 Å². The maximum absolute atomic E-state index is 5.52. The summed E-state index contributed by atoms with van der Waals surface area (Å²) in [6.07, 6.45) is 5.69. The van der Waals surface area contributed by atoms with Crippen molar-refractivity contribution in [1.29, 1.82) is 0 Å². The van der Waals surface area contributed by atoms with E-state index in [-0.39, 0.29) is 0 Å². The molecule has 0 amide bonds. The predicted molar refractivity (Wildman–Crippen MR) is 90.1 cm³/mol. The molecule has 0 atom stereocenters. The van der Waals surface area contributed by atoms with Crippen LogP contribution in [0, 0.1) is 0 Å². The van der Waals surface area contributed by atoms with E-state index >= 15 is 0 Å². The topological polar surface area (TPSA) is 72.6 Å². The van der Waals surface area contributed by atoms with Gasteiger partial charge in [-0.1, -0.05) is 0 Å². The van der Waals surface area contributed by atoms with Gasteiger partial charge in [0.1, 0.15) is 11.5 Å². The lowest BCUT2D eigenvalue weighted by molar-refractivity contribution is 0.474. The second kappa shape index (κ2) is 5.77. The molecule has 5 rings (SSSR count). The molecule has 0 spiro atoms. The van der Waals surface area contributed by atoms with Gasteiger partial charge in [0.2, 0.25) is 0 Å². The first-order valence-electron chi connectivity index (χ1n) is 8.39. The van der Waals surface area contributed by atoms with Gasteiger partial charge in [-0.2, -0.15) is 4.52 Å². The van der Waals surface area contributed by atoms with Crippen molar-refractivity contribution in [2.45, 2.75) is 31.8 Å². The lowest BCUT2D eigenvalue weighted by Gasteiger charge is -2.21. The molecule has 1 fully saturated rings. The molecular weight excluding hydrogens is 318 g/mol. The second-order valence-corrected chi connectivity index (χ2v) is 6.31.